The smallest absolute Gasteiger partial charge is 0.338 e. The number of carbonyl (C=O) groups excluding carboxylic acids is 3. The van der Waals surface area contributed by atoms with E-state index in [-0.39, 0.29) is 18.2 Å². The number of carbonyl (C=O) groups is 3. The summed E-state index contributed by atoms with van der Waals surface area (Å²) >= 11 is 1.54. The van der Waals surface area contributed by atoms with Crippen molar-refractivity contribution in [3.8, 4) is 0 Å². The number of ether oxygens (including phenoxy) is 1. The second-order valence-electron chi connectivity index (χ2n) is 6.10. The molecular weight excluding hydrogens is 360 g/mol. The van der Waals surface area contributed by atoms with Gasteiger partial charge in [0.25, 0.3) is 0 Å². The van der Waals surface area contributed by atoms with Gasteiger partial charge < -0.3 is 4.74 Å². The lowest BCUT2D eigenvalue weighted by atomic mass is 10.0. The lowest BCUT2D eigenvalue weighted by Gasteiger charge is -2.05. The Bertz CT molecular complexity index is 985. The molecule has 1 aromatic heterocycles. The molecule has 0 saturated carbocycles. The van der Waals surface area contributed by atoms with Gasteiger partial charge in [-0.2, -0.15) is 0 Å². The number of benzene rings is 2. The van der Waals surface area contributed by atoms with Crippen molar-refractivity contribution in [2.24, 2.45) is 0 Å². The molecule has 0 unspecified atom stereocenters. The van der Waals surface area contributed by atoms with Crippen LogP contribution >= 0.6 is 11.3 Å². The Morgan fingerprint density at radius 1 is 0.852 bits per heavy atom. The van der Waals surface area contributed by atoms with Gasteiger partial charge in [0.05, 0.1) is 5.56 Å². The van der Waals surface area contributed by atoms with Crippen LogP contribution in [0.5, 0.6) is 0 Å². The molecule has 0 spiro atoms. The molecular formula is C22H18O4S. The van der Waals surface area contributed by atoms with Crippen LogP contribution in [0.4, 0.5) is 0 Å². The molecule has 3 rings (SSSR count). The molecule has 0 radical (unpaired) electrons. The third kappa shape index (κ3) is 4.38. The number of ketones is 2. The first kappa shape index (κ1) is 18.7. The van der Waals surface area contributed by atoms with Gasteiger partial charge in [0.1, 0.15) is 0 Å². The summed E-state index contributed by atoms with van der Waals surface area (Å²) in [5.41, 5.74) is 1.96. The van der Waals surface area contributed by atoms with Crippen molar-refractivity contribution in [3.63, 3.8) is 0 Å². The highest BCUT2D eigenvalue weighted by Crippen LogP contribution is 2.21. The number of aryl methyl sites for hydroxylation is 2. The predicted octanol–water partition coefficient (Wildman–Crippen LogP) is 4.64. The minimum Gasteiger partial charge on any atom is -0.454 e. The summed E-state index contributed by atoms with van der Waals surface area (Å²) in [6, 6.07) is 17.0. The molecule has 0 aliphatic heterocycles. The number of rotatable bonds is 6. The van der Waals surface area contributed by atoms with Crippen LogP contribution in [-0.4, -0.2) is 24.1 Å². The molecule has 0 atom stereocenters. The molecule has 3 aromatic rings. The zero-order valence-corrected chi connectivity index (χ0v) is 15.8. The number of thiophene rings is 1. The van der Waals surface area contributed by atoms with Crippen molar-refractivity contribution < 1.29 is 19.1 Å². The van der Waals surface area contributed by atoms with Crippen molar-refractivity contribution in [1.29, 1.82) is 0 Å². The normalized spacial score (nSPS) is 10.4. The molecule has 2 aromatic carbocycles. The van der Waals surface area contributed by atoms with Crippen LogP contribution in [0.15, 0.2) is 60.7 Å². The minimum absolute atomic E-state index is 0.117. The molecule has 0 saturated heterocycles. The Hall–Kier alpha value is -3.05. The average Bonchev–Trinajstić information content (AvgIpc) is 3.04. The van der Waals surface area contributed by atoms with E-state index in [0.717, 1.165) is 9.75 Å². The fourth-order valence-corrected chi connectivity index (χ4v) is 3.66. The van der Waals surface area contributed by atoms with Crippen LogP contribution in [0, 0.1) is 13.8 Å². The number of Topliss-reactive ketones (excluding diaryl/α,β-unsaturated/α-hetero) is 1. The van der Waals surface area contributed by atoms with Gasteiger partial charge in [0.2, 0.25) is 5.78 Å². The van der Waals surface area contributed by atoms with E-state index in [1.807, 2.05) is 19.9 Å². The first-order valence-electron chi connectivity index (χ1n) is 8.43. The topological polar surface area (TPSA) is 60.4 Å². The molecule has 0 bridgehead atoms. The average molecular weight is 378 g/mol. The van der Waals surface area contributed by atoms with E-state index in [4.69, 9.17) is 4.74 Å². The van der Waals surface area contributed by atoms with Crippen molar-refractivity contribution in [1.82, 2.24) is 0 Å². The van der Waals surface area contributed by atoms with Gasteiger partial charge in [-0.25, -0.2) is 4.79 Å². The van der Waals surface area contributed by atoms with Crippen LogP contribution in [0.3, 0.4) is 0 Å². The van der Waals surface area contributed by atoms with Crippen LogP contribution in [0.25, 0.3) is 0 Å². The van der Waals surface area contributed by atoms with Crippen LogP contribution in [0.1, 0.15) is 46.4 Å². The Kier molecular flexibility index (Phi) is 5.62. The predicted molar refractivity (Wildman–Crippen MR) is 105 cm³/mol. The SMILES string of the molecule is Cc1cc(C(=O)COC(=O)c2ccc(C(=O)c3ccccc3)cc2)c(C)s1. The van der Waals surface area contributed by atoms with Crippen LogP contribution < -0.4 is 0 Å². The summed E-state index contributed by atoms with van der Waals surface area (Å²) in [4.78, 5) is 38.7. The van der Waals surface area contributed by atoms with Gasteiger partial charge >= 0.3 is 5.97 Å². The third-order valence-corrected chi connectivity index (χ3v) is 5.06. The van der Waals surface area contributed by atoms with Crippen LogP contribution in [0.2, 0.25) is 0 Å². The molecule has 5 heteroatoms. The summed E-state index contributed by atoms with van der Waals surface area (Å²) in [7, 11) is 0. The number of esters is 1. The monoisotopic (exact) mass is 378 g/mol. The zero-order chi connectivity index (χ0) is 19.4. The van der Waals surface area contributed by atoms with Gasteiger partial charge in [-0.1, -0.05) is 42.5 Å². The Balaban J connectivity index is 1.63. The highest BCUT2D eigenvalue weighted by atomic mass is 32.1. The van der Waals surface area contributed by atoms with E-state index in [1.165, 1.54) is 23.5 Å². The fraction of sp³-hybridized carbons (Fsp3) is 0.136. The molecule has 1 heterocycles. The Morgan fingerprint density at radius 2 is 1.44 bits per heavy atom. The van der Waals surface area contributed by atoms with Gasteiger partial charge in [-0.15, -0.1) is 11.3 Å². The Labute approximate surface area is 161 Å². The summed E-state index contributed by atoms with van der Waals surface area (Å²) in [6.07, 6.45) is 0. The Morgan fingerprint density at radius 3 is 2.04 bits per heavy atom. The summed E-state index contributed by atoms with van der Waals surface area (Å²) < 4.78 is 5.12. The zero-order valence-electron chi connectivity index (χ0n) is 15.0. The summed E-state index contributed by atoms with van der Waals surface area (Å²) in [5, 5.41) is 0. The fourth-order valence-electron chi connectivity index (χ4n) is 2.71. The summed E-state index contributed by atoms with van der Waals surface area (Å²) in [6.45, 7) is 3.49. The molecule has 0 N–H and O–H groups in total. The maximum Gasteiger partial charge on any atom is 0.338 e. The largest absolute Gasteiger partial charge is 0.454 e. The maximum absolute atomic E-state index is 12.4. The van der Waals surface area contributed by atoms with Gasteiger partial charge in [0.15, 0.2) is 12.4 Å². The molecule has 0 amide bonds. The molecule has 0 aliphatic carbocycles. The van der Waals surface area contributed by atoms with Gasteiger partial charge in [-0.05, 0) is 32.0 Å². The first-order chi connectivity index (χ1) is 13.0. The molecule has 4 nitrogen and oxygen atoms in total. The van der Waals surface area contributed by atoms with E-state index < -0.39 is 5.97 Å². The van der Waals surface area contributed by atoms with Crippen molar-refractivity contribution >= 4 is 28.9 Å². The standard InChI is InChI=1S/C22H18O4S/c1-14-12-19(15(2)27-14)20(23)13-26-22(25)18-10-8-17(9-11-18)21(24)16-6-4-3-5-7-16/h3-12H,13H2,1-2H3. The first-order valence-corrected chi connectivity index (χ1v) is 9.24. The van der Waals surface area contributed by atoms with E-state index in [1.54, 1.807) is 42.5 Å². The maximum atomic E-state index is 12.4. The summed E-state index contributed by atoms with van der Waals surface area (Å²) in [5.74, 6) is -0.929. The van der Waals surface area contributed by atoms with Gasteiger partial charge in [-0.3, -0.25) is 9.59 Å². The second-order valence-corrected chi connectivity index (χ2v) is 7.56. The van der Waals surface area contributed by atoms with E-state index in [9.17, 15) is 14.4 Å². The molecule has 136 valence electrons. The third-order valence-electron chi connectivity index (χ3n) is 4.09. The van der Waals surface area contributed by atoms with E-state index >= 15 is 0 Å². The minimum atomic E-state index is -0.591. The van der Waals surface area contributed by atoms with Crippen molar-refractivity contribution in [3.05, 3.63) is 92.7 Å². The van der Waals surface area contributed by atoms with Crippen LogP contribution in [-0.2, 0) is 4.74 Å². The molecule has 27 heavy (non-hydrogen) atoms. The highest BCUT2D eigenvalue weighted by Gasteiger charge is 2.16. The lowest BCUT2D eigenvalue weighted by molar-refractivity contribution is 0.0474. The van der Waals surface area contributed by atoms with E-state index in [2.05, 4.69) is 0 Å². The number of hydrogen-bond donors (Lipinski definition) is 0. The highest BCUT2D eigenvalue weighted by molar-refractivity contribution is 7.12. The molecule has 0 aliphatic rings. The van der Waals surface area contributed by atoms with Gasteiger partial charge in [0, 0.05) is 26.4 Å². The second kappa shape index (κ2) is 8.10. The number of hydrogen-bond acceptors (Lipinski definition) is 5. The van der Waals surface area contributed by atoms with E-state index in [0.29, 0.717) is 22.3 Å². The molecule has 0 fully saturated rings. The van der Waals surface area contributed by atoms with Crippen molar-refractivity contribution in [2.75, 3.05) is 6.61 Å². The lowest BCUT2D eigenvalue weighted by Crippen LogP contribution is -2.14. The van der Waals surface area contributed by atoms with Crippen molar-refractivity contribution in [2.45, 2.75) is 13.8 Å². The quantitative estimate of drug-likeness (QED) is 0.463.